The summed E-state index contributed by atoms with van der Waals surface area (Å²) in [5.74, 6) is 2.91. The maximum absolute atomic E-state index is 5.47. The van der Waals surface area contributed by atoms with Crippen LogP contribution >= 0.6 is 0 Å². The Morgan fingerprint density at radius 3 is 2.76 bits per heavy atom. The Labute approximate surface area is 101 Å². The fourth-order valence-corrected chi connectivity index (χ4v) is 1.57. The monoisotopic (exact) mass is 234 g/mol. The molecule has 2 heterocycles. The highest BCUT2D eigenvalue weighted by Gasteiger charge is 2.09. The van der Waals surface area contributed by atoms with Crippen LogP contribution in [0.25, 0.3) is 11.5 Å². The molecule has 0 aliphatic heterocycles. The number of nitrogens with one attached hydrogen (secondary N) is 1. The highest BCUT2D eigenvalue weighted by atomic mass is 16.5. The zero-order valence-corrected chi connectivity index (χ0v) is 10.5. The molecule has 0 aliphatic rings. The van der Waals surface area contributed by atoms with Gasteiger partial charge in [-0.05, 0) is 31.5 Å². The Hall–Kier alpha value is -1.55. The van der Waals surface area contributed by atoms with Gasteiger partial charge in [0.15, 0.2) is 5.76 Å². The highest BCUT2D eigenvalue weighted by Crippen LogP contribution is 2.22. The van der Waals surface area contributed by atoms with Gasteiger partial charge < -0.3 is 14.3 Å². The van der Waals surface area contributed by atoms with Crippen LogP contribution in [0.1, 0.15) is 25.3 Å². The molecule has 0 aliphatic carbocycles. The minimum atomic E-state index is 0.633. The van der Waals surface area contributed by atoms with Gasteiger partial charge in [0.2, 0.25) is 5.76 Å². The van der Waals surface area contributed by atoms with Crippen LogP contribution in [0.3, 0.4) is 0 Å². The Bertz CT molecular complexity index is 471. The minimum Gasteiger partial charge on any atom is -0.458 e. The SMILES string of the molecule is Cc1ccc(-c2cc(CNCC(C)C)no2)o1. The first-order valence-electron chi connectivity index (χ1n) is 5.88. The van der Waals surface area contributed by atoms with Crippen LogP contribution in [-0.4, -0.2) is 11.7 Å². The maximum Gasteiger partial charge on any atom is 0.202 e. The first-order valence-corrected chi connectivity index (χ1v) is 5.88. The molecule has 1 N–H and O–H groups in total. The lowest BCUT2D eigenvalue weighted by Crippen LogP contribution is -2.18. The van der Waals surface area contributed by atoms with Crippen molar-refractivity contribution in [3.63, 3.8) is 0 Å². The summed E-state index contributed by atoms with van der Waals surface area (Å²) in [6, 6.07) is 5.71. The average Bonchev–Trinajstić information content (AvgIpc) is 2.86. The third kappa shape index (κ3) is 3.20. The van der Waals surface area contributed by atoms with Crippen LogP contribution < -0.4 is 5.32 Å². The van der Waals surface area contributed by atoms with E-state index in [0.717, 1.165) is 30.3 Å². The van der Waals surface area contributed by atoms with Crippen molar-refractivity contribution in [3.05, 3.63) is 29.7 Å². The normalized spacial score (nSPS) is 11.3. The second-order valence-electron chi connectivity index (χ2n) is 4.62. The number of nitrogens with zero attached hydrogens (tertiary/aromatic N) is 1. The van der Waals surface area contributed by atoms with Crippen molar-refractivity contribution in [2.45, 2.75) is 27.3 Å². The largest absolute Gasteiger partial charge is 0.458 e. The predicted molar refractivity (Wildman–Crippen MR) is 65.5 cm³/mol. The number of furan rings is 1. The smallest absolute Gasteiger partial charge is 0.202 e. The molecule has 0 bridgehead atoms. The van der Waals surface area contributed by atoms with Crippen LogP contribution in [0.5, 0.6) is 0 Å². The zero-order chi connectivity index (χ0) is 12.3. The number of rotatable bonds is 5. The molecule has 92 valence electrons. The molecule has 17 heavy (non-hydrogen) atoms. The third-order valence-electron chi connectivity index (χ3n) is 2.40. The van der Waals surface area contributed by atoms with Gasteiger partial charge in [-0.1, -0.05) is 19.0 Å². The molecule has 2 aromatic rings. The van der Waals surface area contributed by atoms with E-state index in [2.05, 4.69) is 24.3 Å². The first kappa shape index (κ1) is 11.9. The van der Waals surface area contributed by atoms with Crippen LogP contribution in [-0.2, 0) is 6.54 Å². The standard InChI is InChI=1S/C13H18N2O2/c1-9(2)7-14-8-11-6-13(17-15-11)12-5-4-10(3)16-12/h4-6,9,14H,7-8H2,1-3H3. The summed E-state index contributed by atoms with van der Waals surface area (Å²) in [5, 5.41) is 7.32. The number of aryl methyl sites for hydroxylation is 1. The van der Waals surface area contributed by atoms with Crippen molar-refractivity contribution in [2.75, 3.05) is 6.54 Å². The summed E-state index contributed by atoms with van der Waals surface area (Å²) in [6.07, 6.45) is 0. The van der Waals surface area contributed by atoms with Crippen LogP contribution in [0, 0.1) is 12.8 Å². The van der Waals surface area contributed by atoms with Gasteiger partial charge in [-0.2, -0.15) is 0 Å². The lowest BCUT2D eigenvalue weighted by molar-refractivity contribution is 0.404. The molecule has 0 unspecified atom stereocenters. The fourth-order valence-electron chi connectivity index (χ4n) is 1.57. The van der Waals surface area contributed by atoms with Crippen LogP contribution in [0.2, 0.25) is 0 Å². The third-order valence-corrected chi connectivity index (χ3v) is 2.40. The van der Waals surface area contributed by atoms with Crippen LogP contribution in [0.15, 0.2) is 27.1 Å². The lowest BCUT2D eigenvalue weighted by Gasteiger charge is -2.03. The van der Waals surface area contributed by atoms with Gasteiger partial charge in [0.25, 0.3) is 0 Å². The molecule has 4 heteroatoms. The molecule has 0 amide bonds. The number of hydrogen-bond acceptors (Lipinski definition) is 4. The summed E-state index contributed by atoms with van der Waals surface area (Å²) in [7, 11) is 0. The molecule has 4 nitrogen and oxygen atoms in total. The molecule has 0 aromatic carbocycles. The molecule has 0 saturated carbocycles. The quantitative estimate of drug-likeness (QED) is 0.864. The van der Waals surface area contributed by atoms with Crippen molar-refractivity contribution in [2.24, 2.45) is 5.92 Å². The topological polar surface area (TPSA) is 51.2 Å². The summed E-state index contributed by atoms with van der Waals surface area (Å²) < 4.78 is 10.7. The lowest BCUT2D eigenvalue weighted by atomic mass is 10.2. The van der Waals surface area contributed by atoms with Crippen LogP contribution in [0.4, 0.5) is 0 Å². The molecule has 0 fully saturated rings. The van der Waals surface area contributed by atoms with E-state index in [9.17, 15) is 0 Å². The summed E-state index contributed by atoms with van der Waals surface area (Å²) in [4.78, 5) is 0. The van der Waals surface area contributed by atoms with E-state index in [-0.39, 0.29) is 0 Å². The van der Waals surface area contributed by atoms with Gasteiger partial charge in [-0.15, -0.1) is 0 Å². The van der Waals surface area contributed by atoms with Crippen molar-refractivity contribution in [3.8, 4) is 11.5 Å². The molecular weight excluding hydrogens is 216 g/mol. The molecule has 0 radical (unpaired) electrons. The van der Waals surface area contributed by atoms with E-state index in [1.807, 2.05) is 25.1 Å². The second-order valence-corrected chi connectivity index (χ2v) is 4.62. The van der Waals surface area contributed by atoms with E-state index >= 15 is 0 Å². The summed E-state index contributed by atoms with van der Waals surface area (Å²) >= 11 is 0. The van der Waals surface area contributed by atoms with Crippen molar-refractivity contribution in [1.82, 2.24) is 10.5 Å². The van der Waals surface area contributed by atoms with Gasteiger partial charge in [-0.25, -0.2) is 0 Å². The fraction of sp³-hybridized carbons (Fsp3) is 0.462. The summed E-state index contributed by atoms with van der Waals surface area (Å²) in [5.41, 5.74) is 0.898. The van der Waals surface area contributed by atoms with E-state index in [1.165, 1.54) is 0 Å². The number of hydrogen-bond donors (Lipinski definition) is 1. The van der Waals surface area contributed by atoms with Gasteiger partial charge in [0.05, 0.1) is 5.69 Å². The molecule has 2 rings (SSSR count). The van der Waals surface area contributed by atoms with Crippen molar-refractivity contribution >= 4 is 0 Å². The van der Waals surface area contributed by atoms with Crippen molar-refractivity contribution in [1.29, 1.82) is 0 Å². The Morgan fingerprint density at radius 2 is 2.12 bits per heavy atom. The van der Waals surface area contributed by atoms with Gasteiger partial charge >= 0.3 is 0 Å². The van der Waals surface area contributed by atoms with Gasteiger partial charge in [-0.3, -0.25) is 0 Å². The first-order chi connectivity index (χ1) is 8.15. The Balaban J connectivity index is 1.96. The molecule has 0 spiro atoms. The molecule has 0 saturated heterocycles. The number of aromatic nitrogens is 1. The minimum absolute atomic E-state index is 0.633. The predicted octanol–water partition coefficient (Wildman–Crippen LogP) is 2.99. The van der Waals surface area contributed by atoms with E-state index in [1.54, 1.807) is 0 Å². The Morgan fingerprint density at radius 1 is 1.29 bits per heavy atom. The molecule has 2 aromatic heterocycles. The van der Waals surface area contributed by atoms with Crippen molar-refractivity contribution < 1.29 is 8.94 Å². The van der Waals surface area contributed by atoms with Gasteiger partial charge in [0, 0.05) is 12.6 Å². The second kappa shape index (κ2) is 5.19. The van der Waals surface area contributed by atoms with E-state index in [0.29, 0.717) is 11.7 Å². The molecular formula is C13H18N2O2. The molecule has 0 atom stereocenters. The highest BCUT2D eigenvalue weighted by molar-refractivity contribution is 5.50. The van der Waals surface area contributed by atoms with E-state index in [4.69, 9.17) is 8.94 Å². The average molecular weight is 234 g/mol. The van der Waals surface area contributed by atoms with Gasteiger partial charge in [0.1, 0.15) is 5.76 Å². The maximum atomic E-state index is 5.47. The zero-order valence-electron chi connectivity index (χ0n) is 10.5. The summed E-state index contributed by atoms with van der Waals surface area (Å²) in [6.45, 7) is 7.95. The van der Waals surface area contributed by atoms with E-state index < -0.39 is 0 Å². The Kier molecular flexibility index (Phi) is 3.64.